The zero-order chi connectivity index (χ0) is 14.5. The van der Waals surface area contributed by atoms with E-state index in [0.29, 0.717) is 37.9 Å². The SMILES string of the molecule is C[C@@H]1CCC[C@H](C)N1CC#CCCN1C(=O)CCC1=O. The predicted octanol–water partition coefficient (Wildman–Crippen LogP) is 1.79. The van der Waals surface area contributed by atoms with E-state index in [-0.39, 0.29) is 11.8 Å². The molecule has 0 radical (unpaired) electrons. The van der Waals surface area contributed by atoms with Crippen molar-refractivity contribution in [3.05, 3.63) is 0 Å². The minimum absolute atomic E-state index is 0.0462. The van der Waals surface area contributed by atoms with Gasteiger partial charge in [-0.1, -0.05) is 12.3 Å². The molecule has 20 heavy (non-hydrogen) atoms. The number of hydrogen-bond acceptors (Lipinski definition) is 3. The number of likely N-dealkylation sites (tertiary alicyclic amines) is 2. The van der Waals surface area contributed by atoms with E-state index < -0.39 is 0 Å². The van der Waals surface area contributed by atoms with Crippen LogP contribution in [-0.2, 0) is 9.59 Å². The summed E-state index contributed by atoms with van der Waals surface area (Å²) in [6.07, 6.45) is 5.15. The van der Waals surface area contributed by atoms with E-state index in [1.807, 2.05) is 0 Å². The molecule has 0 spiro atoms. The molecule has 2 heterocycles. The van der Waals surface area contributed by atoms with Gasteiger partial charge in [-0.3, -0.25) is 19.4 Å². The molecule has 0 saturated carbocycles. The maximum Gasteiger partial charge on any atom is 0.229 e. The molecule has 2 rings (SSSR count). The van der Waals surface area contributed by atoms with Crippen molar-refractivity contribution in [2.24, 2.45) is 0 Å². The summed E-state index contributed by atoms with van der Waals surface area (Å²) in [5.41, 5.74) is 0. The van der Waals surface area contributed by atoms with Gasteiger partial charge in [-0.25, -0.2) is 0 Å². The molecule has 0 aromatic carbocycles. The van der Waals surface area contributed by atoms with Crippen molar-refractivity contribution in [2.75, 3.05) is 13.1 Å². The lowest BCUT2D eigenvalue weighted by Crippen LogP contribution is -2.43. The average molecular weight is 276 g/mol. The summed E-state index contributed by atoms with van der Waals surface area (Å²) in [5, 5.41) is 0. The molecule has 2 aliphatic rings. The molecule has 0 aromatic rings. The Hall–Kier alpha value is -1.34. The van der Waals surface area contributed by atoms with Gasteiger partial charge in [0.15, 0.2) is 0 Å². The Kier molecular flexibility index (Phi) is 5.19. The topological polar surface area (TPSA) is 40.6 Å². The van der Waals surface area contributed by atoms with Crippen LogP contribution in [0.3, 0.4) is 0 Å². The standard InChI is InChI=1S/C16H24N2O2/c1-13-7-6-8-14(2)17(13)11-4-3-5-12-18-15(19)9-10-16(18)20/h13-14H,5-12H2,1-2H3/t13-,14+. The van der Waals surface area contributed by atoms with Crippen molar-refractivity contribution < 1.29 is 9.59 Å². The van der Waals surface area contributed by atoms with Crippen molar-refractivity contribution in [2.45, 2.75) is 64.5 Å². The highest BCUT2D eigenvalue weighted by Gasteiger charge is 2.27. The van der Waals surface area contributed by atoms with Gasteiger partial charge in [0.2, 0.25) is 11.8 Å². The smallest absolute Gasteiger partial charge is 0.229 e. The van der Waals surface area contributed by atoms with Crippen LogP contribution in [0, 0.1) is 11.8 Å². The van der Waals surface area contributed by atoms with Crippen molar-refractivity contribution >= 4 is 11.8 Å². The van der Waals surface area contributed by atoms with Gasteiger partial charge >= 0.3 is 0 Å². The summed E-state index contributed by atoms with van der Waals surface area (Å²) >= 11 is 0. The van der Waals surface area contributed by atoms with Crippen LogP contribution in [0.2, 0.25) is 0 Å². The molecule has 4 nitrogen and oxygen atoms in total. The molecule has 0 aromatic heterocycles. The van der Waals surface area contributed by atoms with E-state index in [1.165, 1.54) is 24.2 Å². The van der Waals surface area contributed by atoms with E-state index in [9.17, 15) is 9.59 Å². The lowest BCUT2D eigenvalue weighted by molar-refractivity contribution is -0.138. The second-order valence-corrected chi connectivity index (χ2v) is 5.84. The van der Waals surface area contributed by atoms with Gasteiger partial charge < -0.3 is 0 Å². The van der Waals surface area contributed by atoms with Crippen molar-refractivity contribution in [1.29, 1.82) is 0 Å². The molecule has 2 saturated heterocycles. The molecule has 0 unspecified atom stereocenters. The Morgan fingerprint density at radius 2 is 1.65 bits per heavy atom. The molecular formula is C16H24N2O2. The Bertz CT molecular complexity index is 409. The number of amides is 2. The van der Waals surface area contributed by atoms with Crippen LogP contribution in [0.4, 0.5) is 0 Å². The van der Waals surface area contributed by atoms with Crippen LogP contribution < -0.4 is 0 Å². The minimum atomic E-state index is -0.0462. The quantitative estimate of drug-likeness (QED) is 0.583. The molecule has 4 heteroatoms. The van der Waals surface area contributed by atoms with E-state index >= 15 is 0 Å². The molecule has 2 fully saturated rings. The Labute approximate surface area is 121 Å². The highest BCUT2D eigenvalue weighted by atomic mass is 16.2. The first kappa shape index (κ1) is 15.1. The Morgan fingerprint density at radius 3 is 2.25 bits per heavy atom. The number of piperidine rings is 1. The number of carbonyl (C=O) groups excluding carboxylic acids is 2. The third kappa shape index (κ3) is 3.61. The van der Waals surface area contributed by atoms with Crippen LogP contribution >= 0.6 is 0 Å². The third-order valence-electron chi connectivity index (χ3n) is 4.38. The van der Waals surface area contributed by atoms with Crippen molar-refractivity contribution in [3.8, 4) is 11.8 Å². The number of nitrogens with zero attached hydrogens (tertiary/aromatic N) is 2. The van der Waals surface area contributed by atoms with E-state index in [0.717, 1.165) is 6.54 Å². The van der Waals surface area contributed by atoms with Crippen molar-refractivity contribution in [3.63, 3.8) is 0 Å². The fourth-order valence-electron chi connectivity index (χ4n) is 3.06. The first-order chi connectivity index (χ1) is 9.59. The second-order valence-electron chi connectivity index (χ2n) is 5.84. The summed E-state index contributed by atoms with van der Waals surface area (Å²) in [4.78, 5) is 26.7. The molecule has 0 aliphatic carbocycles. The van der Waals surface area contributed by atoms with E-state index in [1.54, 1.807) is 0 Å². The number of rotatable bonds is 3. The van der Waals surface area contributed by atoms with Crippen molar-refractivity contribution in [1.82, 2.24) is 9.80 Å². The predicted molar refractivity (Wildman–Crippen MR) is 77.8 cm³/mol. The highest BCUT2D eigenvalue weighted by molar-refractivity contribution is 6.01. The highest BCUT2D eigenvalue weighted by Crippen LogP contribution is 2.21. The van der Waals surface area contributed by atoms with Crippen LogP contribution in [0.5, 0.6) is 0 Å². The number of carbonyl (C=O) groups is 2. The molecule has 0 bridgehead atoms. The summed E-state index contributed by atoms with van der Waals surface area (Å²) in [5.74, 6) is 6.21. The van der Waals surface area contributed by atoms with Crippen LogP contribution in [0.1, 0.15) is 52.4 Å². The number of hydrogen-bond donors (Lipinski definition) is 0. The number of imide groups is 1. The summed E-state index contributed by atoms with van der Waals surface area (Å²) in [6.45, 7) is 5.78. The summed E-state index contributed by atoms with van der Waals surface area (Å²) in [6, 6.07) is 1.21. The first-order valence-corrected chi connectivity index (χ1v) is 7.64. The zero-order valence-corrected chi connectivity index (χ0v) is 12.5. The minimum Gasteiger partial charge on any atom is -0.287 e. The molecule has 2 aliphatic heterocycles. The zero-order valence-electron chi connectivity index (χ0n) is 12.5. The second kappa shape index (κ2) is 6.90. The van der Waals surface area contributed by atoms with E-state index in [4.69, 9.17) is 0 Å². The van der Waals surface area contributed by atoms with Gasteiger partial charge in [-0.05, 0) is 26.7 Å². The largest absolute Gasteiger partial charge is 0.287 e. The van der Waals surface area contributed by atoms with Crippen LogP contribution in [0.15, 0.2) is 0 Å². The van der Waals surface area contributed by atoms with Gasteiger partial charge in [-0.15, -0.1) is 5.92 Å². The molecule has 0 N–H and O–H groups in total. The Balaban J connectivity index is 1.74. The maximum absolute atomic E-state index is 11.4. The molecule has 110 valence electrons. The Morgan fingerprint density at radius 1 is 1.05 bits per heavy atom. The normalized spacial score (nSPS) is 27.6. The first-order valence-electron chi connectivity index (χ1n) is 7.64. The molecule has 2 atom stereocenters. The summed E-state index contributed by atoms with van der Waals surface area (Å²) in [7, 11) is 0. The fourth-order valence-corrected chi connectivity index (χ4v) is 3.06. The average Bonchev–Trinajstić information content (AvgIpc) is 2.72. The van der Waals surface area contributed by atoms with Crippen LogP contribution in [-0.4, -0.2) is 46.8 Å². The maximum atomic E-state index is 11.4. The molecular weight excluding hydrogens is 252 g/mol. The van der Waals surface area contributed by atoms with Gasteiger partial charge in [-0.2, -0.15) is 0 Å². The van der Waals surface area contributed by atoms with Gasteiger partial charge in [0.05, 0.1) is 6.54 Å². The third-order valence-corrected chi connectivity index (χ3v) is 4.38. The summed E-state index contributed by atoms with van der Waals surface area (Å²) < 4.78 is 0. The van der Waals surface area contributed by atoms with Gasteiger partial charge in [0, 0.05) is 37.9 Å². The lowest BCUT2D eigenvalue weighted by atomic mass is 9.98. The van der Waals surface area contributed by atoms with E-state index in [2.05, 4.69) is 30.6 Å². The van der Waals surface area contributed by atoms with Gasteiger partial charge in [0.25, 0.3) is 0 Å². The molecule has 2 amide bonds. The monoisotopic (exact) mass is 276 g/mol. The van der Waals surface area contributed by atoms with Gasteiger partial charge in [0.1, 0.15) is 0 Å². The fraction of sp³-hybridized carbons (Fsp3) is 0.750. The lowest BCUT2D eigenvalue weighted by Gasteiger charge is -2.37. The van der Waals surface area contributed by atoms with Crippen LogP contribution in [0.25, 0.3) is 0 Å².